The largest absolute Gasteiger partial charge is 0.508 e. The predicted octanol–water partition coefficient (Wildman–Crippen LogP) is 2.46. The number of nitrogens with two attached hydrogens (primary N) is 2. The summed E-state index contributed by atoms with van der Waals surface area (Å²) >= 11 is 0. The monoisotopic (exact) mass is 446 g/mol. The molecule has 1 amide bonds. The summed E-state index contributed by atoms with van der Waals surface area (Å²) < 4.78 is 0. The number of carbonyl (C=O) groups excluding carboxylic acids is 1. The maximum absolute atomic E-state index is 13.2. The van der Waals surface area contributed by atoms with Crippen molar-refractivity contribution in [3.8, 4) is 17.1 Å². The number of rotatable bonds is 11. The molecule has 5 N–H and O–H groups in total. The van der Waals surface area contributed by atoms with E-state index in [-0.39, 0.29) is 24.7 Å². The first kappa shape index (κ1) is 24.1. The van der Waals surface area contributed by atoms with Gasteiger partial charge in [0, 0.05) is 24.7 Å². The zero-order chi connectivity index (χ0) is 23.6. The molecule has 1 heterocycles. The second-order valence-corrected chi connectivity index (χ2v) is 7.73. The molecule has 0 saturated carbocycles. The Hall–Kier alpha value is -3.59. The highest BCUT2D eigenvalue weighted by Crippen LogP contribution is 2.16. The fraction of sp³-hybridized carbons (Fsp3) is 0.240. The number of phenols is 1. The van der Waals surface area contributed by atoms with E-state index in [0.717, 1.165) is 11.1 Å². The Balaban J connectivity index is 1.75. The lowest BCUT2D eigenvalue weighted by molar-refractivity contribution is -0.132. The average molecular weight is 447 g/mol. The summed E-state index contributed by atoms with van der Waals surface area (Å²) in [5, 5.41) is 10.9. The maximum atomic E-state index is 13.2. The van der Waals surface area contributed by atoms with Gasteiger partial charge in [0.25, 0.3) is 0 Å². The van der Waals surface area contributed by atoms with Gasteiger partial charge in [0.2, 0.25) is 5.91 Å². The zero-order valence-corrected chi connectivity index (χ0v) is 18.5. The fourth-order valence-corrected chi connectivity index (χ4v) is 3.35. The normalized spacial score (nSPS) is 11.8. The number of hydrogen-bond donors (Lipinski definition) is 3. The lowest BCUT2D eigenvalue weighted by atomic mass is 10.1. The van der Waals surface area contributed by atoms with Gasteiger partial charge in [-0.25, -0.2) is 15.0 Å². The molecule has 0 aliphatic heterocycles. The van der Waals surface area contributed by atoms with Crippen LogP contribution in [-0.4, -0.2) is 50.1 Å². The van der Waals surface area contributed by atoms with Crippen LogP contribution in [0.25, 0.3) is 11.4 Å². The van der Waals surface area contributed by atoms with Crippen molar-refractivity contribution >= 4 is 5.91 Å². The van der Waals surface area contributed by atoms with Crippen LogP contribution in [-0.2, 0) is 17.8 Å². The molecule has 1 aromatic heterocycles. The highest BCUT2D eigenvalue weighted by atomic mass is 16.3. The smallest absolute Gasteiger partial charge is 0.223 e. The second kappa shape index (κ2) is 11.9. The molecule has 0 unspecified atom stereocenters. The van der Waals surface area contributed by atoms with Gasteiger partial charge in [-0.15, -0.1) is 6.58 Å². The van der Waals surface area contributed by atoms with E-state index >= 15 is 0 Å². The molecule has 0 bridgehead atoms. The van der Waals surface area contributed by atoms with Crippen molar-refractivity contribution in [1.29, 1.82) is 0 Å². The molecule has 0 aliphatic carbocycles. The quantitative estimate of drug-likeness (QED) is 0.179. The maximum Gasteiger partial charge on any atom is 0.223 e. The van der Waals surface area contributed by atoms with Crippen LogP contribution < -0.4 is 11.6 Å². The van der Waals surface area contributed by atoms with Gasteiger partial charge in [-0.1, -0.05) is 48.5 Å². The molecule has 3 rings (SSSR count). The Morgan fingerprint density at radius 1 is 1.12 bits per heavy atom. The number of aromatic nitrogens is 2. The van der Waals surface area contributed by atoms with Crippen molar-refractivity contribution in [1.82, 2.24) is 19.9 Å². The first-order chi connectivity index (χ1) is 16.0. The van der Waals surface area contributed by atoms with Crippen LogP contribution in [0.4, 0.5) is 0 Å². The fourth-order valence-electron chi connectivity index (χ4n) is 3.35. The molecule has 8 heteroatoms. The molecular formula is C25H30N6O2. The minimum absolute atomic E-state index is 0.0644. The Morgan fingerprint density at radius 2 is 1.85 bits per heavy atom. The molecule has 0 aliphatic rings. The Morgan fingerprint density at radius 3 is 2.55 bits per heavy atom. The van der Waals surface area contributed by atoms with Gasteiger partial charge in [-0.05, 0) is 30.2 Å². The summed E-state index contributed by atoms with van der Waals surface area (Å²) in [5.41, 5.74) is 8.82. The van der Waals surface area contributed by atoms with Crippen molar-refractivity contribution in [3.05, 3.63) is 90.8 Å². The number of hydrogen-bond acceptors (Lipinski definition) is 7. The highest BCUT2D eigenvalue weighted by Gasteiger charge is 2.20. The Kier molecular flexibility index (Phi) is 8.65. The van der Waals surface area contributed by atoms with Crippen LogP contribution >= 0.6 is 0 Å². The highest BCUT2D eigenvalue weighted by molar-refractivity contribution is 5.76. The summed E-state index contributed by atoms with van der Waals surface area (Å²) in [6, 6.07) is 18.3. The SMILES string of the molecule is C=CCN(N)[C@H](N)CN(Cc1ccnc(-c2ccccc2)n1)C(=O)CCc1ccc(O)cc1. The molecule has 33 heavy (non-hydrogen) atoms. The number of phenolic OH excluding ortho intramolecular Hbond substituents is 1. The number of carbonyl (C=O) groups is 1. The van der Waals surface area contributed by atoms with E-state index in [0.29, 0.717) is 30.9 Å². The summed E-state index contributed by atoms with van der Waals surface area (Å²) in [5.74, 6) is 6.73. The van der Waals surface area contributed by atoms with Gasteiger partial charge in [-0.3, -0.25) is 10.6 Å². The van der Waals surface area contributed by atoms with E-state index in [2.05, 4.69) is 16.5 Å². The van der Waals surface area contributed by atoms with E-state index in [1.807, 2.05) is 30.3 Å². The molecule has 1 atom stereocenters. The summed E-state index contributed by atoms with van der Waals surface area (Å²) in [6.45, 7) is 4.61. The third-order valence-corrected chi connectivity index (χ3v) is 5.19. The molecule has 8 nitrogen and oxygen atoms in total. The van der Waals surface area contributed by atoms with Gasteiger partial charge in [0.15, 0.2) is 5.82 Å². The number of aromatic hydroxyl groups is 1. The van der Waals surface area contributed by atoms with E-state index in [4.69, 9.17) is 11.6 Å². The van der Waals surface area contributed by atoms with Crippen molar-refractivity contribution in [2.24, 2.45) is 11.6 Å². The third-order valence-electron chi connectivity index (χ3n) is 5.19. The van der Waals surface area contributed by atoms with E-state index in [9.17, 15) is 9.90 Å². The third kappa shape index (κ3) is 7.21. The summed E-state index contributed by atoms with van der Waals surface area (Å²) in [4.78, 5) is 23.8. The average Bonchev–Trinajstić information content (AvgIpc) is 2.84. The molecule has 0 fully saturated rings. The molecule has 0 saturated heterocycles. The van der Waals surface area contributed by atoms with Crippen molar-refractivity contribution in [2.75, 3.05) is 13.1 Å². The molecule has 172 valence electrons. The van der Waals surface area contributed by atoms with Crippen LogP contribution in [0.3, 0.4) is 0 Å². The minimum atomic E-state index is -0.559. The molecular weight excluding hydrogens is 416 g/mol. The first-order valence-corrected chi connectivity index (χ1v) is 10.8. The number of nitrogens with zero attached hydrogens (tertiary/aromatic N) is 4. The van der Waals surface area contributed by atoms with E-state index < -0.39 is 6.17 Å². The van der Waals surface area contributed by atoms with Gasteiger partial charge in [0.1, 0.15) is 5.75 Å². The standard InChI is InChI=1S/C25H30N6O2/c1-2-16-31(27)23(26)18-30(24(33)13-10-19-8-11-22(32)12-9-19)17-21-14-15-28-25(29-21)20-6-4-3-5-7-20/h2-9,11-12,14-15,23,32H,1,10,13,16-18,26-27H2/t23-/m0/s1. The number of amides is 1. The van der Waals surface area contributed by atoms with E-state index in [1.165, 1.54) is 5.01 Å². The van der Waals surface area contributed by atoms with Crippen LogP contribution in [0.15, 0.2) is 79.5 Å². The van der Waals surface area contributed by atoms with Crippen LogP contribution in [0.5, 0.6) is 5.75 Å². The molecule has 0 spiro atoms. The van der Waals surface area contributed by atoms with Crippen molar-refractivity contribution in [2.45, 2.75) is 25.6 Å². The zero-order valence-electron chi connectivity index (χ0n) is 18.5. The van der Waals surface area contributed by atoms with Crippen molar-refractivity contribution in [3.63, 3.8) is 0 Å². The number of aryl methyl sites for hydroxylation is 1. The summed E-state index contributed by atoms with van der Waals surface area (Å²) in [6.07, 6.45) is 3.63. The topological polar surface area (TPSA) is 122 Å². The lowest BCUT2D eigenvalue weighted by Gasteiger charge is -2.30. The van der Waals surface area contributed by atoms with Gasteiger partial charge in [-0.2, -0.15) is 0 Å². The number of benzene rings is 2. The van der Waals surface area contributed by atoms with Gasteiger partial charge < -0.3 is 15.7 Å². The van der Waals surface area contributed by atoms with E-state index in [1.54, 1.807) is 47.5 Å². The first-order valence-electron chi connectivity index (χ1n) is 10.8. The lowest BCUT2D eigenvalue weighted by Crippen LogP contribution is -2.53. The van der Waals surface area contributed by atoms with Crippen molar-refractivity contribution < 1.29 is 9.90 Å². The second-order valence-electron chi connectivity index (χ2n) is 7.73. The molecule has 0 radical (unpaired) electrons. The van der Waals surface area contributed by atoms with Gasteiger partial charge >= 0.3 is 0 Å². The molecule has 2 aromatic carbocycles. The minimum Gasteiger partial charge on any atom is -0.508 e. The molecule has 3 aromatic rings. The Labute approximate surface area is 194 Å². The van der Waals surface area contributed by atoms with Gasteiger partial charge in [0.05, 0.1) is 24.9 Å². The van der Waals surface area contributed by atoms with Crippen LogP contribution in [0, 0.1) is 0 Å². The van der Waals surface area contributed by atoms with Crippen LogP contribution in [0.1, 0.15) is 17.7 Å². The Bertz CT molecular complexity index is 1040. The summed E-state index contributed by atoms with van der Waals surface area (Å²) in [7, 11) is 0. The predicted molar refractivity (Wildman–Crippen MR) is 128 cm³/mol. The number of hydrazine groups is 1. The van der Waals surface area contributed by atoms with Crippen LogP contribution in [0.2, 0.25) is 0 Å².